The highest BCUT2D eigenvalue weighted by atomic mass is 16.4. The maximum absolute atomic E-state index is 14.3. The van der Waals surface area contributed by atoms with Gasteiger partial charge in [0, 0.05) is 90.8 Å². The highest BCUT2D eigenvalue weighted by Gasteiger charge is 2.29. The molecule has 5 amide bonds. The molecule has 3 aromatic carbocycles. The largest absolute Gasteiger partial charge is 0.508 e. The molecule has 0 bridgehead atoms. The molecule has 1 aliphatic rings. The lowest BCUT2D eigenvalue weighted by Crippen LogP contribution is -2.54. The molecule has 4 atom stereocenters. The van der Waals surface area contributed by atoms with Crippen molar-refractivity contribution in [2.45, 2.75) is 82.6 Å². The fourth-order valence-electron chi connectivity index (χ4n) is 9.09. The molecule has 1 fully saturated rings. The predicted molar refractivity (Wildman–Crippen MR) is 309 cm³/mol. The molecule has 0 saturated carbocycles. The van der Waals surface area contributed by atoms with Gasteiger partial charge in [0.15, 0.2) is 12.2 Å². The Bertz CT molecular complexity index is 2460. The summed E-state index contributed by atoms with van der Waals surface area (Å²) in [7, 11) is 0. The second-order valence-corrected chi connectivity index (χ2v) is 19.9. The van der Waals surface area contributed by atoms with Crippen LogP contribution in [-0.4, -0.2) is 217 Å². The lowest BCUT2D eigenvalue weighted by Gasteiger charge is -2.35. The predicted octanol–water partition coefficient (Wildman–Crippen LogP) is 0.135. The molecule has 26 heteroatoms. The van der Waals surface area contributed by atoms with Crippen LogP contribution in [0.25, 0.3) is 0 Å². The number of aromatic hydroxyl groups is 1. The number of urea groups is 1. The van der Waals surface area contributed by atoms with Crippen molar-refractivity contribution in [1.82, 2.24) is 51.5 Å². The molecule has 0 aromatic heterocycles. The Labute approximate surface area is 478 Å². The Morgan fingerprint density at radius 3 is 1.73 bits per heavy atom. The summed E-state index contributed by atoms with van der Waals surface area (Å²) in [6.45, 7) is 5.30. The topological polar surface area (TPSA) is 379 Å². The van der Waals surface area contributed by atoms with E-state index < -0.39 is 48.1 Å². The number of amides is 5. The van der Waals surface area contributed by atoms with Crippen molar-refractivity contribution in [2.24, 2.45) is 16.5 Å². The van der Waals surface area contributed by atoms with Gasteiger partial charge in [0.2, 0.25) is 17.7 Å². The standard InChI is InChI=1S/C56H84N14O12/c1-2-59-56(82)66-55(58)63-24-9-7-14-46(53(80)64-35-40-15-21-44(72)22-16-40)65-54(81)51(41-11-4-3-5-12-41)42-17-19-43(20-18-42)60-25-10-26-62-52(79)45(57)13-6-8-23-61-47(39-71)70-33-31-68(37-49(75)76)29-27-67(36-48(73)74)28-30-69(32-34-70)38-50(77)78/h3-5,11-12,15-22,39,45-47,51,60-61,72H,2,6-10,13-14,23-38,57H2,1H3,(H,62,79)(H,64,80)(H,65,81)(H,73,74)(H,75,76)(H,77,78)(H4,58,59,63,66,82)/t45-,46-,47?,51+/m1/s1. The highest BCUT2D eigenvalue weighted by molar-refractivity contribution is 5.93. The Morgan fingerprint density at radius 1 is 0.610 bits per heavy atom. The number of carbonyl (C=O) groups is 8. The van der Waals surface area contributed by atoms with Crippen LogP contribution in [-0.2, 0) is 40.1 Å². The molecule has 1 unspecified atom stereocenters. The van der Waals surface area contributed by atoms with Gasteiger partial charge in [-0.05, 0) is 92.9 Å². The van der Waals surface area contributed by atoms with Gasteiger partial charge in [-0.1, -0.05) is 61.0 Å². The fraction of sp³-hybridized carbons (Fsp3) is 0.518. The Balaban J connectivity index is 1.25. The number of anilines is 1. The number of hydrogen-bond acceptors (Lipinski definition) is 16. The monoisotopic (exact) mass is 1140 g/mol. The second-order valence-electron chi connectivity index (χ2n) is 19.9. The molecule has 1 aliphatic heterocycles. The van der Waals surface area contributed by atoms with E-state index in [1.165, 1.54) is 12.1 Å². The van der Waals surface area contributed by atoms with Crippen molar-refractivity contribution < 1.29 is 58.8 Å². The molecule has 450 valence electrons. The number of aliphatic imine (C=N–C) groups is 1. The van der Waals surface area contributed by atoms with E-state index in [4.69, 9.17) is 11.5 Å². The van der Waals surface area contributed by atoms with E-state index in [0.29, 0.717) is 83.2 Å². The quantitative estimate of drug-likeness (QED) is 0.0167. The number of carboxylic acids is 3. The molecule has 0 spiro atoms. The molecule has 26 nitrogen and oxygen atoms in total. The summed E-state index contributed by atoms with van der Waals surface area (Å²) in [5.41, 5.74) is 15.1. The van der Waals surface area contributed by atoms with Gasteiger partial charge in [0.05, 0.1) is 31.6 Å². The number of unbranched alkanes of at least 4 members (excludes halogenated alkanes) is 2. The minimum Gasteiger partial charge on any atom is -0.508 e. The lowest BCUT2D eigenvalue weighted by molar-refractivity contribution is -0.140. The minimum atomic E-state index is -1.05. The van der Waals surface area contributed by atoms with Crippen LogP contribution in [0.2, 0.25) is 0 Å². The SMILES string of the molecule is CCNC(=O)/N=C(/N)NCCCC[C@@H](NC(=O)[C@@H](c1ccccc1)c1ccc(NCCCNC(=O)[C@H](N)CCCCNC(C=O)N2CCN(CC(=O)O)CCN(CC(=O)O)CCN(CC(=O)O)CC2)cc1)C(=O)NCc1ccc(O)cc1. The van der Waals surface area contributed by atoms with Crippen LogP contribution >= 0.6 is 0 Å². The van der Waals surface area contributed by atoms with Crippen molar-refractivity contribution >= 4 is 59.6 Å². The van der Waals surface area contributed by atoms with Gasteiger partial charge in [-0.25, -0.2) is 4.79 Å². The number of carboxylic acid groups (broad SMARTS) is 3. The number of hydrogen-bond donors (Lipinski definition) is 13. The van der Waals surface area contributed by atoms with Crippen LogP contribution in [0.4, 0.5) is 10.5 Å². The molecule has 0 radical (unpaired) electrons. The first kappa shape index (κ1) is 66.8. The minimum absolute atomic E-state index is 0.0336. The van der Waals surface area contributed by atoms with Gasteiger partial charge in [-0.15, -0.1) is 0 Å². The Kier molecular flexibility index (Phi) is 30.4. The van der Waals surface area contributed by atoms with Crippen LogP contribution in [0.3, 0.4) is 0 Å². The molecule has 1 heterocycles. The lowest BCUT2D eigenvalue weighted by atomic mass is 9.90. The maximum Gasteiger partial charge on any atom is 0.344 e. The molecule has 82 heavy (non-hydrogen) atoms. The van der Waals surface area contributed by atoms with Gasteiger partial charge in [-0.3, -0.25) is 53.7 Å². The number of aldehydes is 1. The number of phenols is 1. The fourth-order valence-corrected chi connectivity index (χ4v) is 9.09. The van der Waals surface area contributed by atoms with Crippen molar-refractivity contribution in [3.63, 3.8) is 0 Å². The van der Waals surface area contributed by atoms with Crippen molar-refractivity contribution in [2.75, 3.05) is 110 Å². The molecular weight excluding hydrogens is 1060 g/mol. The van der Waals surface area contributed by atoms with Gasteiger partial charge < -0.3 is 68.6 Å². The average molecular weight is 1150 g/mol. The number of carbonyl (C=O) groups excluding carboxylic acids is 5. The molecule has 3 aromatic rings. The van der Waals surface area contributed by atoms with E-state index in [1.54, 1.807) is 33.8 Å². The first-order chi connectivity index (χ1) is 39.4. The smallest absolute Gasteiger partial charge is 0.344 e. The van der Waals surface area contributed by atoms with Crippen LogP contribution in [0.15, 0.2) is 83.9 Å². The van der Waals surface area contributed by atoms with Crippen LogP contribution in [0.1, 0.15) is 74.5 Å². The third-order valence-corrected chi connectivity index (χ3v) is 13.5. The maximum atomic E-state index is 14.3. The molecular formula is C56H84N14O12. The van der Waals surface area contributed by atoms with Gasteiger partial charge in [0.25, 0.3) is 0 Å². The summed E-state index contributed by atoms with van der Waals surface area (Å²) < 4.78 is 0. The molecule has 0 aliphatic carbocycles. The number of rotatable bonds is 33. The molecule has 1 saturated heterocycles. The number of aliphatic carboxylic acids is 3. The number of nitrogens with two attached hydrogens (primary N) is 2. The number of guanidine groups is 1. The summed E-state index contributed by atoms with van der Waals surface area (Å²) in [4.78, 5) is 111. The van der Waals surface area contributed by atoms with Crippen LogP contribution in [0, 0.1) is 0 Å². The van der Waals surface area contributed by atoms with Crippen molar-refractivity contribution in [3.05, 3.63) is 95.6 Å². The van der Waals surface area contributed by atoms with Gasteiger partial charge >= 0.3 is 23.9 Å². The van der Waals surface area contributed by atoms with E-state index in [2.05, 4.69) is 42.2 Å². The number of phenolic OH excluding ortho intramolecular Hbond substituents is 1. The van der Waals surface area contributed by atoms with E-state index >= 15 is 0 Å². The number of nitrogens with zero attached hydrogens (tertiary/aromatic N) is 5. The van der Waals surface area contributed by atoms with Gasteiger partial charge in [-0.2, -0.15) is 4.99 Å². The molecule has 4 rings (SSSR count). The molecule has 15 N–H and O–H groups in total. The third kappa shape index (κ3) is 26.2. The number of benzene rings is 3. The van der Waals surface area contributed by atoms with Crippen molar-refractivity contribution in [1.29, 1.82) is 0 Å². The summed E-state index contributed by atoms with van der Waals surface area (Å²) >= 11 is 0. The van der Waals surface area contributed by atoms with E-state index in [0.717, 1.165) is 23.1 Å². The average Bonchev–Trinajstić information content (AvgIpc) is 3.65. The zero-order chi connectivity index (χ0) is 59.7. The first-order valence-electron chi connectivity index (χ1n) is 27.8. The van der Waals surface area contributed by atoms with Crippen molar-refractivity contribution in [3.8, 4) is 5.75 Å². The summed E-state index contributed by atoms with van der Waals surface area (Å²) in [5, 5.41) is 59.0. The number of nitrogens with one attached hydrogen (secondary N) is 7. The van der Waals surface area contributed by atoms with Crippen LogP contribution in [0.5, 0.6) is 5.75 Å². The zero-order valence-electron chi connectivity index (χ0n) is 46.8. The van der Waals surface area contributed by atoms with Gasteiger partial charge in [0.1, 0.15) is 18.0 Å². The Hall–Kier alpha value is -7.75. The van der Waals surface area contributed by atoms with Crippen LogP contribution < -0.4 is 48.7 Å². The summed E-state index contributed by atoms with van der Waals surface area (Å²) in [6, 6.07) is 20.9. The summed E-state index contributed by atoms with van der Waals surface area (Å²) in [5.74, 6) is -4.89. The second kappa shape index (κ2) is 37.3. The van der Waals surface area contributed by atoms with E-state index in [9.17, 15) is 58.8 Å². The first-order valence-corrected chi connectivity index (χ1v) is 27.8. The Morgan fingerprint density at radius 2 is 1.16 bits per heavy atom. The third-order valence-electron chi connectivity index (χ3n) is 13.5. The summed E-state index contributed by atoms with van der Waals surface area (Å²) in [6.07, 6.45) is 3.49. The zero-order valence-corrected chi connectivity index (χ0v) is 46.8. The highest BCUT2D eigenvalue weighted by Crippen LogP contribution is 2.27. The normalized spacial score (nSPS) is 15.7. The van der Waals surface area contributed by atoms with E-state index in [-0.39, 0.29) is 108 Å². The van der Waals surface area contributed by atoms with E-state index in [1.807, 2.05) is 59.5 Å².